The van der Waals surface area contributed by atoms with Crippen molar-refractivity contribution in [3.8, 4) is 0 Å². The van der Waals surface area contributed by atoms with Crippen LogP contribution >= 0.6 is 0 Å². The molecule has 0 radical (unpaired) electrons. The van der Waals surface area contributed by atoms with E-state index in [1.54, 1.807) is 32.3 Å². The second-order valence-electron chi connectivity index (χ2n) is 6.95. The molecule has 15 nitrogen and oxygen atoms in total. The second-order valence-corrected chi connectivity index (χ2v) is 10.5. The largest absolute Gasteiger partial charge is 0.347 e. The molecule has 0 unspecified atom stereocenters. The molecule has 0 amide bonds. The van der Waals surface area contributed by atoms with E-state index >= 15 is 0 Å². The molecule has 0 atom stereocenters. The van der Waals surface area contributed by atoms with Gasteiger partial charge < -0.3 is 15.5 Å². The first-order chi connectivity index (χ1) is 16.2. The summed E-state index contributed by atoms with van der Waals surface area (Å²) in [6.07, 6.45) is 0. The standard InChI is InChI=1S/C17H19N7O8S3/c1-24(2)17-21-15(18-11-5-3-4-6-12(11)23-33(25)26)20-16(22-17)19-13-9-10(34(27,28)29)7-8-14(13)35(30,31)32/h3-9,33H,1-2H3,(H,23,25,26)(H,27,28,29)(H,30,31,32)(H2,18,19,20,21,22). The summed E-state index contributed by atoms with van der Waals surface area (Å²) in [6, 6.07) is 8.59. The average Bonchev–Trinajstić information content (AvgIpc) is 2.73. The third-order valence-corrected chi connectivity index (χ3v) is 6.37. The van der Waals surface area contributed by atoms with Crippen LogP contribution in [0.15, 0.2) is 52.3 Å². The maximum absolute atomic E-state index is 11.8. The van der Waals surface area contributed by atoms with Crippen molar-refractivity contribution in [3.63, 3.8) is 0 Å². The van der Waals surface area contributed by atoms with Gasteiger partial charge in [-0.15, -0.1) is 0 Å². The summed E-state index contributed by atoms with van der Waals surface area (Å²) in [5.74, 6) is -0.297. The summed E-state index contributed by atoms with van der Waals surface area (Å²) in [7, 11) is -9.30. The highest BCUT2D eigenvalue weighted by atomic mass is 32.2. The Labute approximate surface area is 201 Å². The molecule has 0 aliphatic heterocycles. The highest BCUT2D eigenvalue weighted by molar-refractivity contribution is 7.86. The van der Waals surface area contributed by atoms with Gasteiger partial charge in [0.2, 0.25) is 28.7 Å². The number of anilines is 6. The zero-order valence-electron chi connectivity index (χ0n) is 17.9. The number of nitrogens with one attached hydrogen (secondary N) is 3. The van der Waals surface area contributed by atoms with Crippen molar-refractivity contribution in [1.29, 1.82) is 0 Å². The van der Waals surface area contributed by atoms with E-state index in [9.17, 15) is 34.4 Å². The van der Waals surface area contributed by atoms with Crippen LogP contribution in [-0.4, -0.2) is 63.4 Å². The summed E-state index contributed by atoms with van der Waals surface area (Å²) in [6.45, 7) is 0. The number of rotatable bonds is 9. The third kappa shape index (κ3) is 6.73. The van der Waals surface area contributed by atoms with Gasteiger partial charge >= 0.3 is 0 Å². The highest BCUT2D eigenvalue weighted by Crippen LogP contribution is 2.29. The fourth-order valence-electron chi connectivity index (χ4n) is 2.70. The lowest BCUT2D eigenvalue weighted by molar-refractivity contribution is 0.479. The van der Waals surface area contributed by atoms with Crippen molar-refractivity contribution < 1.29 is 34.4 Å². The lowest BCUT2D eigenvalue weighted by Crippen LogP contribution is -2.16. The van der Waals surface area contributed by atoms with Crippen LogP contribution in [0.3, 0.4) is 0 Å². The number of aromatic nitrogens is 3. The van der Waals surface area contributed by atoms with Crippen LogP contribution in [0.2, 0.25) is 0 Å². The molecule has 2 aromatic carbocycles. The lowest BCUT2D eigenvalue weighted by Gasteiger charge is -2.16. The zero-order valence-corrected chi connectivity index (χ0v) is 20.5. The second kappa shape index (κ2) is 9.96. The van der Waals surface area contributed by atoms with E-state index in [0.717, 1.165) is 18.2 Å². The normalized spacial score (nSPS) is 11.8. The number of hydrogen-bond acceptors (Lipinski definition) is 12. The van der Waals surface area contributed by atoms with E-state index in [1.165, 1.54) is 11.0 Å². The molecule has 0 saturated heterocycles. The predicted octanol–water partition coefficient (Wildman–Crippen LogP) is 0.856. The summed E-state index contributed by atoms with van der Waals surface area (Å²) >= 11 is 0. The molecule has 0 aliphatic carbocycles. The predicted molar refractivity (Wildman–Crippen MR) is 127 cm³/mol. The van der Waals surface area contributed by atoms with E-state index in [4.69, 9.17) is 0 Å². The minimum absolute atomic E-state index is 0.0738. The van der Waals surface area contributed by atoms with E-state index in [0.29, 0.717) is 0 Å². The van der Waals surface area contributed by atoms with Crippen molar-refractivity contribution in [2.75, 3.05) is 34.4 Å². The topological polar surface area (TPSA) is 221 Å². The Kier molecular flexibility index (Phi) is 7.41. The first kappa shape index (κ1) is 26.0. The summed E-state index contributed by atoms with van der Waals surface area (Å²) in [5.41, 5.74) is 0.0231. The molecule has 0 bridgehead atoms. The summed E-state index contributed by atoms with van der Waals surface area (Å²) < 4.78 is 89.9. The molecule has 0 spiro atoms. The smallest absolute Gasteiger partial charge is 0.296 e. The molecule has 0 aliphatic rings. The van der Waals surface area contributed by atoms with Gasteiger partial charge in [0.25, 0.3) is 20.2 Å². The Bertz CT molecular complexity index is 1550. The average molecular weight is 546 g/mol. The van der Waals surface area contributed by atoms with Gasteiger partial charge in [0, 0.05) is 14.1 Å². The molecule has 18 heteroatoms. The van der Waals surface area contributed by atoms with E-state index in [-0.39, 0.29) is 29.2 Å². The Morgan fingerprint density at radius 3 is 1.89 bits per heavy atom. The minimum Gasteiger partial charge on any atom is -0.347 e. The van der Waals surface area contributed by atoms with Gasteiger partial charge in [-0.1, -0.05) is 12.1 Å². The van der Waals surface area contributed by atoms with Crippen LogP contribution in [0.5, 0.6) is 0 Å². The van der Waals surface area contributed by atoms with Crippen LogP contribution in [0, 0.1) is 0 Å². The number of benzene rings is 2. The van der Waals surface area contributed by atoms with E-state index < -0.39 is 46.6 Å². The van der Waals surface area contributed by atoms with Crippen molar-refractivity contribution in [2.24, 2.45) is 0 Å². The zero-order chi connectivity index (χ0) is 26.0. The van der Waals surface area contributed by atoms with Gasteiger partial charge in [-0.25, -0.2) is 8.42 Å². The van der Waals surface area contributed by atoms with E-state index in [2.05, 4.69) is 30.3 Å². The van der Waals surface area contributed by atoms with Gasteiger partial charge in [0.15, 0.2) is 0 Å². The highest BCUT2D eigenvalue weighted by Gasteiger charge is 2.21. The molecule has 1 heterocycles. The Morgan fingerprint density at radius 1 is 0.800 bits per heavy atom. The van der Waals surface area contributed by atoms with Crippen molar-refractivity contribution >= 4 is 66.0 Å². The quantitative estimate of drug-likeness (QED) is 0.162. The number of nitrogens with zero attached hydrogens (tertiary/aromatic N) is 4. The van der Waals surface area contributed by atoms with Crippen LogP contribution in [0.25, 0.3) is 0 Å². The molecular formula is C17H19N7O8S3. The molecule has 3 aromatic rings. The number of hydrogen-bond donors (Lipinski definition) is 6. The molecule has 1 aromatic heterocycles. The number of thiol groups is 1. The summed E-state index contributed by atoms with van der Waals surface area (Å²) in [5, 5.41) is 5.32. The van der Waals surface area contributed by atoms with Crippen LogP contribution in [0.1, 0.15) is 0 Å². The molecule has 188 valence electrons. The van der Waals surface area contributed by atoms with Crippen molar-refractivity contribution in [2.45, 2.75) is 9.79 Å². The fraction of sp³-hybridized carbons (Fsp3) is 0.118. The van der Waals surface area contributed by atoms with Gasteiger partial charge in [0.05, 0.1) is 22.0 Å². The Morgan fingerprint density at radius 2 is 1.37 bits per heavy atom. The van der Waals surface area contributed by atoms with Gasteiger partial charge in [-0.3, -0.25) is 13.8 Å². The maximum Gasteiger partial charge on any atom is 0.296 e. The third-order valence-electron chi connectivity index (χ3n) is 4.18. The minimum atomic E-state index is -4.82. The molecule has 35 heavy (non-hydrogen) atoms. The monoisotopic (exact) mass is 545 g/mol. The van der Waals surface area contributed by atoms with Crippen molar-refractivity contribution in [1.82, 2.24) is 15.0 Å². The molecule has 5 N–H and O–H groups in total. The maximum atomic E-state index is 11.8. The fourth-order valence-corrected chi connectivity index (χ4v) is 4.22. The lowest BCUT2D eigenvalue weighted by atomic mass is 10.3. The SMILES string of the molecule is CN(C)c1nc(Nc2ccccc2N[SH](=O)=O)nc(Nc2cc(S(=O)(=O)O)ccc2S(=O)(=O)O)n1. The molecule has 0 saturated carbocycles. The molecule has 3 rings (SSSR count). The first-order valence-corrected chi connectivity index (χ1v) is 13.4. The van der Waals surface area contributed by atoms with Crippen LogP contribution in [0.4, 0.5) is 34.9 Å². The van der Waals surface area contributed by atoms with Gasteiger partial charge in [-0.05, 0) is 30.3 Å². The number of para-hydroxylation sites is 2. The summed E-state index contributed by atoms with van der Waals surface area (Å²) in [4.78, 5) is 12.5. The van der Waals surface area contributed by atoms with E-state index in [1.807, 2.05) is 0 Å². The van der Waals surface area contributed by atoms with Gasteiger partial charge in [0.1, 0.15) is 4.90 Å². The Hall–Kier alpha value is -3.58. The van der Waals surface area contributed by atoms with Crippen LogP contribution in [-0.2, 0) is 31.1 Å². The van der Waals surface area contributed by atoms with Crippen molar-refractivity contribution in [3.05, 3.63) is 42.5 Å². The first-order valence-electron chi connectivity index (χ1n) is 9.30. The Balaban J connectivity index is 2.10. The van der Waals surface area contributed by atoms with Crippen LogP contribution < -0.4 is 20.3 Å². The molecular weight excluding hydrogens is 526 g/mol. The molecule has 0 fully saturated rings. The van der Waals surface area contributed by atoms with Gasteiger partial charge in [-0.2, -0.15) is 31.8 Å².